The average Bonchev–Trinajstić information content (AvgIpc) is 3.15. The van der Waals surface area contributed by atoms with Crippen LogP contribution in [-0.4, -0.2) is 5.91 Å². The van der Waals surface area contributed by atoms with Gasteiger partial charge >= 0.3 is 0 Å². The van der Waals surface area contributed by atoms with Crippen LogP contribution in [0.25, 0.3) is 0 Å². The van der Waals surface area contributed by atoms with Crippen LogP contribution in [0.15, 0.2) is 78.9 Å². The molecule has 1 spiro atoms. The van der Waals surface area contributed by atoms with Crippen LogP contribution < -0.4 is 10.2 Å². The van der Waals surface area contributed by atoms with Crippen LogP contribution in [0.5, 0.6) is 0 Å². The fourth-order valence-corrected chi connectivity index (χ4v) is 4.10. The lowest BCUT2D eigenvalue weighted by molar-refractivity contribution is -0.122. The van der Waals surface area contributed by atoms with Gasteiger partial charge in [-0.15, -0.1) is 0 Å². The van der Waals surface area contributed by atoms with E-state index in [0.717, 1.165) is 22.5 Å². The lowest BCUT2D eigenvalue weighted by Crippen LogP contribution is -2.44. The normalized spacial score (nSPS) is 20.5. The fraction of sp³-hybridized carbons (Fsp3) is 0.136. The van der Waals surface area contributed by atoms with Gasteiger partial charge in [0, 0.05) is 17.7 Å². The minimum absolute atomic E-state index is 0.133. The molecule has 122 valence electrons. The third-order valence-electron chi connectivity index (χ3n) is 5.27. The van der Waals surface area contributed by atoms with Gasteiger partial charge in [0.25, 0.3) is 5.91 Å². The molecule has 1 atom stereocenters. The fourth-order valence-electron chi connectivity index (χ4n) is 4.10. The van der Waals surface area contributed by atoms with Gasteiger partial charge in [0.05, 0.1) is 12.2 Å². The predicted octanol–water partition coefficient (Wildman–Crippen LogP) is 4.10. The van der Waals surface area contributed by atoms with E-state index in [1.165, 1.54) is 5.56 Å². The van der Waals surface area contributed by atoms with Gasteiger partial charge in [-0.1, -0.05) is 66.7 Å². The van der Waals surface area contributed by atoms with Gasteiger partial charge in [0.1, 0.15) is 5.54 Å². The van der Waals surface area contributed by atoms with E-state index in [2.05, 4.69) is 41.7 Å². The number of nitrogens with zero attached hydrogens (tertiary/aromatic N) is 1. The van der Waals surface area contributed by atoms with E-state index in [0.29, 0.717) is 13.0 Å². The molecule has 0 saturated carbocycles. The molecule has 0 fully saturated rings. The maximum Gasteiger partial charge on any atom is 0.258 e. The zero-order valence-electron chi connectivity index (χ0n) is 13.8. The highest BCUT2D eigenvalue weighted by Crippen LogP contribution is 2.49. The van der Waals surface area contributed by atoms with Gasteiger partial charge in [-0.2, -0.15) is 0 Å². The monoisotopic (exact) mass is 326 g/mol. The van der Waals surface area contributed by atoms with Gasteiger partial charge in [-0.05, 0) is 23.3 Å². The molecule has 0 saturated heterocycles. The largest absolute Gasteiger partial charge is 0.367 e. The maximum atomic E-state index is 13.5. The number of rotatable bonds is 2. The number of hydrogen-bond acceptors (Lipinski definition) is 2. The van der Waals surface area contributed by atoms with Crippen LogP contribution >= 0.6 is 0 Å². The van der Waals surface area contributed by atoms with Crippen molar-refractivity contribution in [3.05, 3.63) is 95.6 Å². The first-order chi connectivity index (χ1) is 12.3. The number of benzene rings is 3. The van der Waals surface area contributed by atoms with Crippen molar-refractivity contribution >= 4 is 17.3 Å². The Morgan fingerprint density at radius 1 is 0.880 bits per heavy atom. The molecule has 1 N–H and O–H groups in total. The Balaban J connectivity index is 1.60. The lowest BCUT2D eigenvalue weighted by atomic mass is 9.88. The summed E-state index contributed by atoms with van der Waals surface area (Å²) in [5.74, 6) is 0.133. The molecule has 0 bridgehead atoms. The smallest absolute Gasteiger partial charge is 0.258 e. The number of amides is 1. The second-order valence-corrected chi connectivity index (χ2v) is 6.76. The zero-order chi connectivity index (χ0) is 16.9. The van der Waals surface area contributed by atoms with Crippen LogP contribution in [0, 0.1) is 0 Å². The first-order valence-corrected chi connectivity index (χ1v) is 8.59. The summed E-state index contributed by atoms with van der Waals surface area (Å²) in [4.78, 5) is 15.4. The number of anilines is 2. The topological polar surface area (TPSA) is 32.3 Å². The number of nitrogens with one attached hydrogen (secondary N) is 1. The first-order valence-electron chi connectivity index (χ1n) is 8.59. The lowest BCUT2D eigenvalue weighted by Gasteiger charge is -2.25. The van der Waals surface area contributed by atoms with E-state index in [9.17, 15) is 4.79 Å². The summed E-state index contributed by atoms with van der Waals surface area (Å²) in [5, 5.41) is 3.54. The molecule has 3 aromatic rings. The summed E-state index contributed by atoms with van der Waals surface area (Å²) in [5.41, 5.74) is 4.82. The minimum atomic E-state index is -0.672. The van der Waals surface area contributed by atoms with E-state index >= 15 is 0 Å². The number of fused-ring (bicyclic) bond motifs is 3. The summed E-state index contributed by atoms with van der Waals surface area (Å²) in [6, 6.07) is 26.5. The minimum Gasteiger partial charge on any atom is -0.367 e. The van der Waals surface area contributed by atoms with Gasteiger partial charge in [-0.3, -0.25) is 4.79 Å². The van der Waals surface area contributed by atoms with Crippen molar-refractivity contribution in [2.75, 3.05) is 10.2 Å². The second kappa shape index (κ2) is 5.21. The van der Waals surface area contributed by atoms with Crippen molar-refractivity contribution in [3.63, 3.8) is 0 Å². The molecule has 3 heteroatoms. The highest BCUT2D eigenvalue weighted by atomic mass is 16.2. The van der Waals surface area contributed by atoms with Gasteiger partial charge in [-0.25, -0.2) is 0 Å². The van der Waals surface area contributed by atoms with E-state index in [-0.39, 0.29) is 5.91 Å². The van der Waals surface area contributed by atoms with Gasteiger partial charge in [0.2, 0.25) is 0 Å². The van der Waals surface area contributed by atoms with Crippen molar-refractivity contribution in [2.45, 2.75) is 18.5 Å². The molecule has 2 aliphatic heterocycles. The Morgan fingerprint density at radius 2 is 1.60 bits per heavy atom. The third kappa shape index (κ3) is 2.02. The van der Waals surface area contributed by atoms with Crippen molar-refractivity contribution in [2.24, 2.45) is 0 Å². The molecule has 25 heavy (non-hydrogen) atoms. The molecule has 2 heterocycles. The molecular formula is C22H18N2O. The van der Waals surface area contributed by atoms with E-state index in [4.69, 9.17) is 0 Å². The zero-order valence-corrected chi connectivity index (χ0v) is 13.8. The van der Waals surface area contributed by atoms with Crippen molar-refractivity contribution in [1.82, 2.24) is 0 Å². The number of carbonyl (C=O) groups is 1. The Hall–Kier alpha value is -3.07. The van der Waals surface area contributed by atoms with Crippen LogP contribution in [-0.2, 0) is 23.3 Å². The van der Waals surface area contributed by atoms with Gasteiger partial charge < -0.3 is 10.2 Å². The standard InChI is InChI=1S/C22H18N2O/c25-21-22(14-17-10-4-6-12-19(17)23-22)18-11-5-7-13-20(18)24(21)15-16-8-2-1-3-9-16/h1-13,23H,14-15H2. The molecule has 5 rings (SSSR count). The summed E-state index contributed by atoms with van der Waals surface area (Å²) < 4.78 is 0. The third-order valence-corrected chi connectivity index (χ3v) is 5.27. The van der Waals surface area contributed by atoms with E-state index in [1.807, 2.05) is 47.4 Å². The molecule has 0 aliphatic carbocycles. The average molecular weight is 326 g/mol. The predicted molar refractivity (Wildman–Crippen MR) is 99.5 cm³/mol. The molecule has 3 aromatic carbocycles. The molecule has 1 amide bonds. The molecule has 0 aromatic heterocycles. The van der Waals surface area contributed by atoms with Crippen molar-refractivity contribution in [1.29, 1.82) is 0 Å². The summed E-state index contributed by atoms with van der Waals surface area (Å²) >= 11 is 0. The van der Waals surface area contributed by atoms with Crippen molar-refractivity contribution < 1.29 is 4.79 Å². The van der Waals surface area contributed by atoms with Crippen LogP contribution in [0.1, 0.15) is 16.7 Å². The summed E-state index contributed by atoms with van der Waals surface area (Å²) in [6.45, 7) is 0.594. The maximum absolute atomic E-state index is 13.5. The number of hydrogen-bond donors (Lipinski definition) is 1. The van der Waals surface area contributed by atoms with E-state index < -0.39 is 5.54 Å². The molecular weight excluding hydrogens is 308 g/mol. The highest BCUT2D eigenvalue weighted by molar-refractivity contribution is 6.10. The first kappa shape index (κ1) is 14.3. The quantitative estimate of drug-likeness (QED) is 0.769. The summed E-state index contributed by atoms with van der Waals surface area (Å²) in [6.07, 6.45) is 0.699. The second-order valence-electron chi connectivity index (χ2n) is 6.76. The Morgan fingerprint density at radius 3 is 2.44 bits per heavy atom. The molecule has 2 aliphatic rings. The van der Waals surface area contributed by atoms with Crippen LogP contribution in [0.2, 0.25) is 0 Å². The molecule has 3 nitrogen and oxygen atoms in total. The Labute approximate surface area is 146 Å². The highest BCUT2D eigenvalue weighted by Gasteiger charge is 2.53. The van der Waals surface area contributed by atoms with Crippen LogP contribution in [0.3, 0.4) is 0 Å². The van der Waals surface area contributed by atoms with Gasteiger partial charge in [0.15, 0.2) is 0 Å². The number of carbonyl (C=O) groups excluding carboxylic acids is 1. The Bertz CT molecular complexity index is 940. The SMILES string of the molecule is O=C1N(Cc2ccccc2)c2ccccc2C12Cc1ccccc1N2. The molecule has 0 radical (unpaired) electrons. The summed E-state index contributed by atoms with van der Waals surface area (Å²) in [7, 11) is 0. The number of para-hydroxylation sites is 2. The van der Waals surface area contributed by atoms with E-state index in [1.54, 1.807) is 0 Å². The van der Waals surface area contributed by atoms with Crippen LogP contribution in [0.4, 0.5) is 11.4 Å². The molecule has 1 unspecified atom stereocenters. The van der Waals surface area contributed by atoms with Crippen molar-refractivity contribution in [3.8, 4) is 0 Å². The Kier molecular flexibility index (Phi) is 2.98.